The molecule has 0 aromatic heterocycles. The van der Waals surface area contributed by atoms with E-state index < -0.39 is 0 Å². The summed E-state index contributed by atoms with van der Waals surface area (Å²) in [6, 6.07) is 28.5. The van der Waals surface area contributed by atoms with Gasteiger partial charge in [-0.2, -0.15) is 0 Å². The minimum atomic E-state index is -0.378. The summed E-state index contributed by atoms with van der Waals surface area (Å²) >= 11 is 12.4. The van der Waals surface area contributed by atoms with Crippen molar-refractivity contribution in [1.82, 2.24) is 0 Å². The zero-order valence-corrected chi connectivity index (χ0v) is 21.7. The van der Waals surface area contributed by atoms with E-state index in [9.17, 15) is 9.59 Å². The fourth-order valence-corrected chi connectivity index (χ4v) is 4.45. The van der Waals surface area contributed by atoms with E-state index in [0.717, 1.165) is 16.9 Å². The van der Waals surface area contributed by atoms with Crippen LogP contribution in [0.3, 0.4) is 0 Å². The van der Waals surface area contributed by atoms with E-state index in [1.165, 1.54) is 4.90 Å². The summed E-state index contributed by atoms with van der Waals surface area (Å²) in [5.41, 5.74) is 3.19. The molecule has 4 aromatic carbocycles. The van der Waals surface area contributed by atoms with Crippen molar-refractivity contribution in [1.29, 1.82) is 0 Å². The molecule has 38 heavy (non-hydrogen) atoms. The van der Waals surface area contributed by atoms with Gasteiger partial charge in [-0.15, -0.1) is 0 Å². The summed E-state index contributed by atoms with van der Waals surface area (Å²) < 4.78 is 5.22. The predicted octanol–water partition coefficient (Wildman–Crippen LogP) is 7.09. The molecule has 0 saturated heterocycles. The molecule has 1 heterocycles. The Hall–Kier alpha value is -4.39. The summed E-state index contributed by atoms with van der Waals surface area (Å²) in [4.78, 5) is 32.6. The number of amidine groups is 1. The number of amides is 2. The van der Waals surface area contributed by atoms with Gasteiger partial charge in [0.15, 0.2) is 0 Å². The van der Waals surface area contributed by atoms with E-state index >= 15 is 0 Å². The Kier molecular flexibility index (Phi) is 7.26. The van der Waals surface area contributed by atoms with E-state index in [0.29, 0.717) is 38.5 Å². The Morgan fingerprint density at radius 2 is 1.53 bits per heavy atom. The molecule has 188 valence electrons. The lowest BCUT2D eigenvalue weighted by Gasteiger charge is -2.19. The number of nitrogens with one attached hydrogen (secondary N) is 1. The second-order valence-corrected chi connectivity index (χ2v) is 9.16. The van der Waals surface area contributed by atoms with Crippen LogP contribution in [-0.2, 0) is 4.79 Å². The number of carbonyl (C=O) groups is 2. The van der Waals surface area contributed by atoms with E-state index in [1.54, 1.807) is 55.7 Å². The Morgan fingerprint density at radius 1 is 0.868 bits per heavy atom. The fraction of sp³-hybridized carbons (Fsp3) is 0.0333. The van der Waals surface area contributed by atoms with E-state index in [1.807, 2.05) is 54.6 Å². The van der Waals surface area contributed by atoms with Crippen LogP contribution in [0.1, 0.15) is 21.5 Å². The minimum Gasteiger partial charge on any atom is -0.497 e. The summed E-state index contributed by atoms with van der Waals surface area (Å²) in [6.07, 6.45) is 1.74. The molecule has 5 rings (SSSR count). The van der Waals surface area contributed by atoms with Crippen molar-refractivity contribution in [3.05, 3.63) is 129 Å². The van der Waals surface area contributed by atoms with Gasteiger partial charge in [-0.05, 0) is 60.2 Å². The molecule has 8 heteroatoms. The number of benzene rings is 4. The van der Waals surface area contributed by atoms with Crippen LogP contribution >= 0.6 is 23.2 Å². The molecule has 4 aromatic rings. The molecule has 0 atom stereocenters. The third-order valence-electron chi connectivity index (χ3n) is 5.90. The van der Waals surface area contributed by atoms with Crippen molar-refractivity contribution < 1.29 is 14.3 Å². The van der Waals surface area contributed by atoms with Crippen LogP contribution in [-0.4, -0.2) is 24.8 Å². The highest BCUT2D eigenvalue weighted by molar-refractivity contribution is 6.40. The van der Waals surface area contributed by atoms with Crippen LogP contribution in [0, 0.1) is 0 Å². The monoisotopic (exact) mass is 541 g/mol. The first-order valence-corrected chi connectivity index (χ1v) is 12.4. The first-order chi connectivity index (χ1) is 18.4. The van der Waals surface area contributed by atoms with Crippen LogP contribution < -0.4 is 15.0 Å². The summed E-state index contributed by atoms with van der Waals surface area (Å²) in [5, 5.41) is 3.42. The van der Waals surface area contributed by atoms with Crippen LogP contribution in [0.2, 0.25) is 10.0 Å². The molecule has 2 amide bonds. The summed E-state index contributed by atoms with van der Waals surface area (Å²) in [5.74, 6) is 0.562. The van der Waals surface area contributed by atoms with E-state index in [2.05, 4.69) is 10.3 Å². The maximum absolute atomic E-state index is 13.6. The average Bonchev–Trinajstić information content (AvgIpc) is 3.27. The van der Waals surface area contributed by atoms with Crippen molar-refractivity contribution in [3.63, 3.8) is 0 Å². The van der Waals surface area contributed by atoms with Crippen LogP contribution in [0.15, 0.2) is 108 Å². The molecule has 1 aliphatic rings. The molecule has 0 radical (unpaired) electrons. The third kappa shape index (κ3) is 5.18. The second kappa shape index (κ2) is 10.9. The van der Waals surface area contributed by atoms with E-state index in [-0.39, 0.29) is 11.8 Å². The molecule has 0 saturated carbocycles. The quantitative estimate of drug-likeness (QED) is 0.265. The zero-order chi connectivity index (χ0) is 26.6. The largest absolute Gasteiger partial charge is 0.497 e. The number of rotatable bonds is 6. The van der Waals surface area contributed by atoms with Gasteiger partial charge in [0.05, 0.1) is 28.5 Å². The molecule has 0 fully saturated rings. The van der Waals surface area contributed by atoms with Gasteiger partial charge in [-0.1, -0.05) is 71.7 Å². The molecule has 6 nitrogen and oxygen atoms in total. The number of halogens is 2. The predicted molar refractivity (Wildman–Crippen MR) is 152 cm³/mol. The number of hydrogen-bond acceptors (Lipinski definition) is 4. The highest BCUT2D eigenvalue weighted by atomic mass is 35.5. The van der Waals surface area contributed by atoms with Gasteiger partial charge in [-0.25, -0.2) is 4.99 Å². The lowest BCUT2D eigenvalue weighted by atomic mass is 10.1. The van der Waals surface area contributed by atoms with Crippen molar-refractivity contribution in [3.8, 4) is 5.75 Å². The van der Waals surface area contributed by atoms with Crippen LogP contribution in [0.4, 0.5) is 11.4 Å². The first kappa shape index (κ1) is 25.3. The summed E-state index contributed by atoms with van der Waals surface area (Å²) in [7, 11) is 1.60. The SMILES string of the molecule is COc1ccc(C=C2N=C(c3ccccc3)N(c3ccc(C(=O)Nc4c(Cl)cccc4Cl)cc3)C2=O)cc1. The van der Waals surface area contributed by atoms with Gasteiger partial charge in [0, 0.05) is 11.1 Å². The van der Waals surface area contributed by atoms with Gasteiger partial charge < -0.3 is 10.1 Å². The van der Waals surface area contributed by atoms with Gasteiger partial charge >= 0.3 is 0 Å². The number of anilines is 2. The van der Waals surface area contributed by atoms with Gasteiger partial charge in [0.25, 0.3) is 11.8 Å². The molecule has 1 aliphatic heterocycles. The van der Waals surface area contributed by atoms with Crippen molar-refractivity contribution in [2.45, 2.75) is 0 Å². The van der Waals surface area contributed by atoms with Crippen LogP contribution in [0.25, 0.3) is 6.08 Å². The average molecular weight is 542 g/mol. The van der Waals surface area contributed by atoms with Gasteiger partial charge in [-0.3, -0.25) is 14.5 Å². The molecular weight excluding hydrogens is 521 g/mol. The Labute approximate surface area is 229 Å². The Balaban J connectivity index is 1.45. The molecular formula is C30H21Cl2N3O3. The van der Waals surface area contributed by atoms with Gasteiger partial charge in [0.1, 0.15) is 17.3 Å². The molecule has 0 spiro atoms. The Bertz CT molecular complexity index is 1540. The van der Waals surface area contributed by atoms with Crippen molar-refractivity contribution >= 4 is 58.3 Å². The Morgan fingerprint density at radius 3 is 2.16 bits per heavy atom. The summed E-state index contributed by atoms with van der Waals surface area (Å²) in [6.45, 7) is 0. The standard InChI is InChI=1S/C30H21Cl2N3O3/c1-38-23-16-10-19(11-17-23)18-26-30(37)35(28(33-26)20-6-3-2-4-7-20)22-14-12-21(13-15-22)29(36)34-27-24(31)8-5-9-25(27)32/h2-18H,1H3,(H,34,36). The molecule has 1 N–H and O–H groups in total. The number of carbonyl (C=O) groups excluding carboxylic acids is 2. The second-order valence-electron chi connectivity index (χ2n) is 8.34. The lowest BCUT2D eigenvalue weighted by molar-refractivity contribution is -0.113. The van der Waals surface area contributed by atoms with Gasteiger partial charge in [0.2, 0.25) is 0 Å². The van der Waals surface area contributed by atoms with Crippen molar-refractivity contribution in [2.75, 3.05) is 17.3 Å². The topological polar surface area (TPSA) is 71.0 Å². The number of hydrogen-bond donors (Lipinski definition) is 1. The third-order valence-corrected chi connectivity index (χ3v) is 6.53. The fourth-order valence-electron chi connectivity index (χ4n) is 3.96. The normalized spacial score (nSPS) is 14.0. The number of aliphatic imine (C=N–C) groups is 1. The minimum absolute atomic E-state index is 0.278. The highest BCUT2D eigenvalue weighted by Crippen LogP contribution is 2.31. The lowest BCUT2D eigenvalue weighted by Crippen LogP contribution is -2.32. The maximum atomic E-state index is 13.6. The number of para-hydroxylation sites is 1. The molecule has 0 aliphatic carbocycles. The number of nitrogens with zero attached hydrogens (tertiary/aromatic N) is 2. The molecule has 0 bridgehead atoms. The number of methoxy groups -OCH3 is 1. The number of ether oxygens (including phenoxy) is 1. The highest BCUT2D eigenvalue weighted by Gasteiger charge is 2.32. The maximum Gasteiger partial charge on any atom is 0.282 e. The first-order valence-electron chi connectivity index (χ1n) is 11.6. The van der Waals surface area contributed by atoms with Crippen molar-refractivity contribution in [2.24, 2.45) is 4.99 Å². The van der Waals surface area contributed by atoms with Crippen LogP contribution in [0.5, 0.6) is 5.75 Å². The smallest absolute Gasteiger partial charge is 0.282 e. The molecule has 0 unspecified atom stereocenters. The van der Waals surface area contributed by atoms with E-state index in [4.69, 9.17) is 27.9 Å². The zero-order valence-electron chi connectivity index (χ0n) is 20.2.